The quantitative estimate of drug-likeness (QED) is 0.405. The van der Waals surface area contributed by atoms with Crippen molar-refractivity contribution in [1.29, 1.82) is 0 Å². The van der Waals surface area contributed by atoms with Crippen LogP contribution in [0.1, 0.15) is 52.1 Å². The van der Waals surface area contributed by atoms with Gasteiger partial charge in [-0.3, -0.25) is 19.2 Å². The zero-order chi connectivity index (χ0) is 30.2. The van der Waals surface area contributed by atoms with Crippen molar-refractivity contribution in [1.82, 2.24) is 15.1 Å². The third kappa shape index (κ3) is 5.15. The molecule has 5 bridgehead atoms. The number of likely N-dealkylation sites (tertiary alicyclic amines) is 1. The number of nitrogens with zero attached hydrogens (tertiary/aromatic N) is 2. The van der Waals surface area contributed by atoms with Gasteiger partial charge in [-0.25, -0.2) is 0 Å². The van der Waals surface area contributed by atoms with Gasteiger partial charge in [-0.15, -0.1) is 0 Å². The molecule has 1 aromatic carbocycles. The molecule has 4 aliphatic heterocycles. The van der Waals surface area contributed by atoms with Crippen LogP contribution in [0.5, 0.6) is 0 Å². The lowest BCUT2D eigenvalue weighted by molar-refractivity contribution is -0.152. The summed E-state index contributed by atoms with van der Waals surface area (Å²) in [4.78, 5) is 58.6. The molecule has 2 N–H and O–H groups in total. The average Bonchev–Trinajstić information content (AvgIpc) is 3.60. The smallest absolute Gasteiger partial charge is 0.306 e. The van der Waals surface area contributed by atoms with Gasteiger partial charge in [-0.05, 0) is 31.7 Å². The van der Waals surface area contributed by atoms with Gasteiger partial charge in [0.15, 0.2) is 0 Å². The molecular weight excluding hydrogens is 538 g/mol. The van der Waals surface area contributed by atoms with Crippen molar-refractivity contribution in [3.8, 4) is 0 Å². The summed E-state index contributed by atoms with van der Waals surface area (Å²) in [6, 6.07) is 6.68. The molecule has 10 heteroatoms. The fourth-order valence-corrected chi connectivity index (χ4v) is 6.81. The van der Waals surface area contributed by atoms with E-state index in [4.69, 9.17) is 9.47 Å². The number of nitrogens with one attached hydrogen (secondary N) is 1. The Morgan fingerprint density at radius 1 is 1.05 bits per heavy atom. The molecule has 0 saturated carbocycles. The number of fused-ring (bicyclic) bond motifs is 2. The molecule has 10 nitrogen and oxygen atoms in total. The lowest BCUT2D eigenvalue weighted by Gasteiger charge is -2.41. The maximum atomic E-state index is 14.5. The molecule has 2 saturated heterocycles. The molecule has 2 fully saturated rings. The van der Waals surface area contributed by atoms with Gasteiger partial charge in [0.25, 0.3) is 0 Å². The minimum Gasteiger partial charge on any atom is -0.463 e. The Morgan fingerprint density at radius 3 is 2.45 bits per heavy atom. The molecule has 4 heterocycles. The van der Waals surface area contributed by atoms with E-state index >= 15 is 0 Å². The number of carbonyl (C=O) groups excluding carboxylic acids is 4. The summed E-state index contributed by atoms with van der Waals surface area (Å²) in [7, 11) is 0. The first-order chi connectivity index (χ1) is 20.1. The number of esters is 1. The van der Waals surface area contributed by atoms with Crippen molar-refractivity contribution >= 4 is 23.7 Å². The van der Waals surface area contributed by atoms with E-state index in [1.807, 2.05) is 70.2 Å². The van der Waals surface area contributed by atoms with Gasteiger partial charge in [-0.2, -0.15) is 0 Å². The van der Waals surface area contributed by atoms with Gasteiger partial charge in [0, 0.05) is 19.0 Å². The van der Waals surface area contributed by atoms with Gasteiger partial charge >= 0.3 is 5.97 Å². The minimum atomic E-state index is -1.34. The summed E-state index contributed by atoms with van der Waals surface area (Å²) < 4.78 is 12.1. The molecule has 226 valence electrons. The average molecular weight is 580 g/mol. The summed E-state index contributed by atoms with van der Waals surface area (Å²) in [5, 5.41) is 13.4. The lowest BCUT2D eigenvalue weighted by Crippen LogP contribution is -2.60. The zero-order valence-electron chi connectivity index (χ0n) is 24.6. The zero-order valence-corrected chi connectivity index (χ0v) is 24.6. The van der Waals surface area contributed by atoms with E-state index in [1.165, 1.54) is 4.90 Å². The normalized spacial score (nSPS) is 33.3. The molecule has 0 radical (unpaired) electrons. The number of allylic oxidation sites excluding steroid dienone is 1. The maximum absolute atomic E-state index is 14.5. The largest absolute Gasteiger partial charge is 0.463 e. The van der Waals surface area contributed by atoms with Crippen molar-refractivity contribution in [2.75, 3.05) is 19.8 Å². The first kappa shape index (κ1) is 30.0. The fourth-order valence-electron chi connectivity index (χ4n) is 6.81. The number of amides is 3. The van der Waals surface area contributed by atoms with Crippen LogP contribution in [0.15, 0.2) is 54.6 Å². The Balaban J connectivity index is 1.60. The Morgan fingerprint density at radius 2 is 1.79 bits per heavy atom. The Labute approximate surface area is 246 Å². The highest BCUT2D eigenvalue weighted by Crippen LogP contribution is 2.56. The van der Waals surface area contributed by atoms with Crippen molar-refractivity contribution in [3.05, 3.63) is 60.2 Å². The van der Waals surface area contributed by atoms with Crippen molar-refractivity contribution in [2.45, 2.75) is 76.4 Å². The molecule has 1 aromatic rings. The highest BCUT2D eigenvalue weighted by molar-refractivity contribution is 6.00. The van der Waals surface area contributed by atoms with Crippen LogP contribution in [0.2, 0.25) is 0 Å². The number of hydrogen-bond donors (Lipinski definition) is 2. The fraction of sp³-hybridized carbons (Fsp3) is 0.562. The molecular formula is C32H41N3O7. The third-order valence-corrected chi connectivity index (χ3v) is 8.98. The summed E-state index contributed by atoms with van der Waals surface area (Å²) in [5.74, 6) is -3.50. The summed E-state index contributed by atoms with van der Waals surface area (Å²) >= 11 is 0. The molecule has 1 spiro atoms. The van der Waals surface area contributed by atoms with Crippen LogP contribution >= 0.6 is 0 Å². The van der Waals surface area contributed by atoms with E-state index < -0.39 is 53.5 Å². The van der Waals surface area contributed by atoms with Gasteiger partial charge in [0.2, 0.25) is 17.7 Å². The van der Waals surface area contributed by atoms with E-state index in [2.05, 4.69) is 5.32 Å². The highest BCUT2D eigenvalue weighted by Gasteiger charge is 2.74. The van der Waals surface area contributed by atoms with Gasteiger partial charge < -0.3 is 29.7 Å². The molecule has 0 aromatic heterocycles. The summed E-state index contributed by atoms with van der Waals surface area (Å²) in [6.07, 6.45) is 7.12. The first-order valence-corrected chi connectivity index (χ1v) is 14.9. The molecule has 5 rings (SSSR count). The van der Waals surface area contributed by atoms with Crippen molar-refractivity contribution in [2.24, 2.45) is 17.8 Å². The number of benzene rings is 1. The number of rotatable bonds is 5. The summed E-state index contributed by atoms with van der Waals surface area (Å²) in [6.45, 7) is 7.46. The van der Waals surface area contributed by atoms with Crippen LogP contribution in [0, 0.1) is 17.8 Å². The third-order valence-electron chi connectivity index (χ3n) is 8.98. The second kappa shape index (κ2) is 12.0. The first-order valence-electron chi connectivity index (χ1n) is 14.9. The van der Waals surface area contributed by atoms with E-state index in [1.54, 1.807) is 17.1 Å². The number of aliphatic hydroxyl groups is 1. The van der Waals surface area contributed by atoms with Gasteiger partial charge in [0.05, 0.1) is 36.6 Å². The van der Waals surface area contributed by atoms with E-state index in [0.717, 1.165) is 5.56 Å². The van der Waals surface area contributed by atoms with E-state index in [0.29, 0.717) is 6.42 Å². The predicted molar refractivity (Wildman–Crippen MR) is 154 cm³/mol. The molecule has 7 atom stereocenters. The Kier molecular flexibility index (Phi) is 8.57. The standard InChI is InChI=1S/C32H41N3O7/c1-19(2)23(17-36)35-28-31(40)34(20(3)4)16-10-6-9-13-25(37)41-18-22(21-11-7-5-8-12-21)33-29(38)26-24-14-15-32(28,42-24)27(26)30(35)39/h5-8,10-12,14-15,19-20,22-24,26-28,36H,9,13,16-18H2,1-4H3,(H,33,38)/b10-6-/t22-,23+,24-,26+,27+,28-,32+/m1/s1. The molecule has 0 unspecified atom stereocenters. The lowest BCUT2D eigenvalue weighted by atomic mass is 9.74. The highest BCUT2D eigenvalue weighted by atomic mass is 16.5. The predicted octanol–water partition coefficient (Wildman–Crippen LogP) is 2.14. The van der Waals surface area contributed by atoms with Crippen LogP contribution in [0.25, 0.3) is 0 Å². The SMILES string of the molecule is CC(C)[C@H](CO)N1C(=O)[C@@H]2[C@H]3C(=O)N[C@@H](c4ccccc4)COC(=O)CC/C=C\CN(C(C)C)C(=O)[C@@H]1[C@]21C=C[C@H]3O1. The number of hydrogen-bond acceptors (Lipinski definition) is 7. The van der Waals surface area contributed by atoms with Crippen LogP contribution in [0.3, 0.4) is 0 Å². The minimum absolute atomic E-state index is 0.0650. The van der Waals surface area contributed by atoms with E-state index in [9.17, 15) is 24.3 Å². The molecule has 42 heavy (non-hydrogen) atoms. The van der Waals surface area contributed by atoms with Crippen LogP contribution in [0.4, 0.5) is 0 Å². The Bertz CT molecular complexity index is 1260. The van der Waals surface area contributed by atoms with Gasteiger partial charge in [-0.1, -0.05) is 68.5 Å². The van der Waals surface area contributed by atoms with Crippen LogP contribution in [-0.4, -0.2) is 88.2 Å². The number of ether oxygens (including phenoxy) is 2. The van der Waals surface area contributed by atoms with Crippen LogP contribution in [-0.2, 0) is 28.7 Å². The monoisotopic (exact) mass is 579 g/mol. The Hall–Kier alpha value is -3.50. The number of aliphatic hydroxyl groups excluding tert-OH is 1. The summed E-state index contributed by atoms with van der Waals surface area (Å²) in [5.41, 5.74) is -0.589. The second-order valence-corrected chi connectivity index (χ2v) is 12.2. The molecule has 4 aliphatic rings. The van der Waals surface area contributed by atoms with E-state index in [-0.39, 0.29) is 50.0 Å². The number of carbonyl (C=O) groups is 4. The van der Waals surface area contributed by atoms with Crippen molar-refractivity contribution < 1.29 is 33.8 Å². The topological polar surface area (TPSA) is 125 Å². The molecule has 3 amide bonds. The van der Waals surface area contributed by atoms with Gasteiger partial charge in [0.1, 0.15) is 18.2 Å². The second-order valence-electron chi connectivity index (χ2n) is 12.2. The molecule has 0 aliphatic carbocycles. The maximum Gasteiger partial charge on any atom is 0.306 e. The van der Waals surface area contributed by atoms with Crippen molar-refractivity contribution in [3.63, 3.8) is 0 Å². The number of cyclic esters (lactones) is 1. The van der Waals surface area contributed by atoms with Crippen LogP contribution < -0.4 is 5.32 Å².